The maximum absolute atomic E-state index is 13.7. The fourth-order valence-electron chi connectivity index (χ4n) is 9.15. The number of hydrogen-bond donors (Lipinski definition) is 8. The van der Waals surface area contributed by atoms with Crippen molar-refractivity contribution in [1.29, 1.82) is 0 Å². The molecule has 94 heavy (non-hydrogen) atoms. The Morgan fingerprint density at radius 2 is 0.596 bits per heavy atom. The number of benzene rings is 6. The number of aromatic amines is 6. The zero-order valence-electron chi connectivity index (χ0n) is 54.7. The fraction of sp³-hybridized carbons (Fsp3) is 0.267. The topological polar surface area (TPSA) is 438 Å². The first kappa shape index (κ1) is 81.5. The summed E-state index contributed by atoms with van der Waals surface area (Å²) in [5.41, 5.74) is -2.25. The summed E-state index contributed by atoms with van der Waals surface area (Å²) in [5.74, 6) is -0.342. The van der Waals surface area contributed by atoms with Crippen LogP contribution in [0.1, 0.15) is 116 Å². The molecule has 476 valence electrons. The Hall–Kier alpha value is -4.88. The Labute approximate surface area is 631 Å². The van der Waals surface area contributed by atoms with E-state index in [0.29, 0.717) is 33.6 Å². The molecule has 0 radical (unpaired) electrons. The van der Waals surface area contributed by atoms with Crippen molar-refractivity contribution in [1.82, 2.24) is 29.9 Å². The quantitative estimate of drug-likeness (QED) is 0.0323. The second kappa shape index (κ2) is 30.9. The Bertz CT molecular complexity index is 4790. The van der Waals surface area contributed by atoms with E-state index in [-0.39, 0.29) is 197 Å². The van der Waals surface area contributed by atoms with Crippen molar-refractivity contribution in [3.05, 3.63) is 176 Å². The molecule has 0 bridgehead atoms. The first-order valence-electron chi connectivity index (χ1n) is 27.3. The number of hydrogen-bond acceptors (Lipinski definition) is 18. The van der Waals surface area contributed by atoms with Crippen LogP contribution in [0, 0.1) is 0 Å². The van der Waals surface area contributed by atoms with Crippen LogP contribution in [-0.4, -0.2) is 81.8 Å². The molecular weight excluding hydrogens is 1330 g/mol. The summed E-state index contributed by atoms with van der Waals surface area (Å²) in [4.78, 5) is 41.6. The Balaban J connectivity index is 0.00000470. The Kier molecular flexibility index (Phi) is 26.8. The third-order valence-electron chi connectivity index (χ3n) is 13.5. The monoisotopic (exact) mass is 1400 g/mol. The molecule has 0 aliphatic rings. The van der Waals surface area contributed by atoms with Gasteiger partial charge in [0.15, 0.2) is 0 Å². The normalized spacial score (nSPS) is 14.0. The molecule has 8 N–H and O–H groups in total. The van der Waals surface area contributed by atoms with Gasteiger partial charge in [-0.1, -0.05) is 132 Å². The molecule has 2 heterocycles. The van der Waals surface area contributed by atoms with Crippen LogP contribution in [0.3, 0.4) is 0 Å². The van der Waals surface area contributed by atoms with Crippen molar-refractivity contribution in [3.63, 3.8) is 0 Å². The first-order valence-corrected chi connectivity index (χ1v) is 33.0. The molecule has 0 spiro atoms. The molecule has 8 aromatic rings. The number of aromatic nitrogens is 6. The number of rotatable bonds is 12. The van der Waals surface area contributed by atoms with E-state index in [1.807, 2.05) is 83.1 Å². The molecule has 0 saturated heterocycles. The van der Waals surface area contributed by atoms with Gasteiger partial charge in [-0.2, -0.15) is 16.8 Å². The van der Waals surface area contributed by atoms with E-state index in [0.717, 1.165) is 36.4 Å². The number of nitrogens with zero attached hydrogens (tertiary/aromatic N) is 6. The van der Waals surface area contributed by atoms with Gasteiger partial charge in [0, 0.05) is 0 Å². The molecule has 0 saturated carbocycles. The molecular formula is C60H64N12Na4O14S4. The maximum atomic E-state index is 13.7. The van der Waals surface area contributed by atoms with Crippen LogP contribution in [0.25, 0.3) is 12.2 Å². The molecule has 34 heteroatoms. The maximum Gasteiger partial charge on any atom is 1.00 e. The molecule has 0 aliphatic heterocycles. The van der Waals surface area contributed by atoms with Crippen molar-refractivity contribution < 1.29 is 180 Å². The van der Waals surface area contributed by atoms with Crippen LogP contribution >= 0.6 is 0 Å². The van der Waals surface area contributed by atoms with E-state index in [9.17, 15) is 62.1 Å². The largest absolute Gasteiger partial charge is 1.00 e. The van der Waals surface area contributed by atoms with Crippen molar-refractivity contribution >= 4 is 86.7 Å². The van der Waals surface area contributed by atoms with Crippen LogP contribution < -0.4 is 162 Å². The summed E-state index contributed by atoms with van der Waals surface area (Å²) >= 11 is 0. The van der Waals surface area contributed by atoms with Crippen molar-refractivity contribution in [3.8, 4) is 11.5 Å². The molecule has 0 unspecified atom stereocenters. The van der Waals surface area contributed by atoms with Crippen LogP contribution in [0.15, 0.2) is 159 Å². The average Bonchev–Trinajstić information content (AvgIpc) is 0.792. The Morgan fingerprint density at radius 1 is 0.351 bits per heavy atom. The van der Waals surface area contributed by atoms with E-state index < -0.39 is 81.7 Å². The predicted molar refractivity (Wildman–Crippen MR) is 327 cm³/mol. The average molecular weight is 1400 g/mol. The molecule has 2 aromatic heterocycles. The summed E-state index contributed by atoms with van der Waals surface area (Å²) in [5, 5.41) is 27.5. The number of nitrogens with one attached hydrogen (secondary N) is 6. The van der Waals surface area contributed by atoms with Crippen molar-refractivity contribution in [2.24, 2.45) is 30.0 Å². The van der Waals surface area contributed by atoms with E-state index in [1.165, 1.54) is 60.7 Å². The van der Waals surface area contributed by atoms with Gasteiger partial charge in [-0.05, 0) is 128 Å². The van der Waals surface area contributed by atoms with Gasteiger partial charge in [0.25, 0.3) is 20.2 Å². The molecule has 8 rings (SSSR count). The summed E-state index contributed by atoms with van der Waals surface area (Å²) in [7, 11) is -20.3. The smallest absolute Gasteiger partial charge is 0.872 e. The molecule has 0 amide bonds. The van der Waals surface area contributed by atoms with Gasteiger partial charge >= 0.3 is 118 Å². The number of H-pyrrole nitrogens is 6. The third kappa shape index (κ3) is 20.8. The molecule has 0 fully saturated rings. The zero-order chi connectivity index (χ0) is 66.5. The predicted octanol–water partition coefficient (Wildman–Crippen LogP) is -5.13. The van der Waals surface area contributed by atoms with E-state index in [2.05, 4.69) is 49.9 Å². The fourth-order valence-corrected chi connectivity index (χ4v) is 11.8. The van der Waals surface area contributed by atoms with Crippen LogP contribution in [0.4, 0.5) is 34.1 Å². The van der Waals surface area contributed by atoms with Gasteiger partial charge in [0.2, 0.25) is 33.7 Å². The van der Waals surface area contributed by atoms with Crippen molar-refractivity contribution in [2.45, 2.75) is 124 Å². The Morgan fingerprint density at radius 3 is 0.840 bits per heavy atom. The van der Waals surface area contributed by atoms with Gasteiger partial charge in [-0.3, -0.25) is 39.0 Å². The summed E-state index contributed by atoms with van der Waals surface area (Å²) in [6.07, 6.45) is 2.27. The van der Waals surface area contributed by atoms with E-state index in [1.54, 1.807) is 24.3 Å². The summed E-state index contributed by atoms with van der Waals surface area (Å²) in [6, 6.07) is 23.7. The minimum absolute atomic E-state index is 0. The third-order valence-corrected chi connectivity index (χ3v) is 17.1. The SMILES string of the molecule is CC(C)(C)c1cc(N=c2[nH]c(=Nc3ccc(/C=C/c4ccc(N=c5[nH]c(=Nc6cc(C(C)(C)C)c([O-])c(C(C)(C)C)c6)[nH]c(=Nc6ccccc6S(=O)(=O)[O-])[nH]5)cc4S(=O)(=O)O)c(S(=O)(=O)O)c3)[nH]c(=Nc3ccccc3S(=O)(=O)[O-])[nH]2)cc(C(C)(C)C)c1[O-].[Na+].[Na+].[Na+].[Na+]. The standard InChI is InChI=1S/C60H68N12O14S4.4Na/c1-57(2,3)39-27-37(28-40(49(39)73)58(4,5)6)63-53-67-51(69-55(71-53)65-43-17-13-15-19-45(43)87(75,76)77)61-35-25-23-33(47(31-35)89(81,82)83)21-22-34-24-26-36(32-48(34)90(84,85)86)62-52-68-54(72-56(70-52)66-44-18-14-16-20-46(44)88(78,79)80)64-38-29-41(59(7,8)9)50(74)42(30-38)60(10,11)12;;;;/h13-32,73-74H,1-12H3,(H,75,76,77)(H,78,79,80)(H,81,82,83)(H,84,85,86)(H3,61,63,65,67,69,71)(H3,62,64,66,68,70,72);;;;/q;4*+1/p-4/b22-21+;;;;. The zero-order valence-corrected chi connectivity index (χ0v) is 65.9. The molecule has 6 aromatic carbocycles. The van der Waals surface area contributed by atoms with Gasteiger partial charge < -0.3 is 19.3 Å². The van der Waals surface area contributed by atoms with Gasteiger partial charge in [0.05, 0.1) is 43.9 Å². The second-order valence-corrected chi connectivity index (χ2v) is 30.3. The minimum atomic E-state index is -5.12. The van der Waals surface area contributed by atoms with Gasteiger partial charge in [-0.25, -0.2) is 46.8 Å². The van der Waals surface area contributed by atoms with E-state index in [4.69, 9.17) is 9.98 Å². The minimum Gasteiger partial charge on any atom is -0.872 e. The first-order chi connectivity index (χ1) is 41.4. The summed E-state index contributed by atoms with van der Waals surface area (Å²) in [6.45, 7) is 22.5. The van der Waals surface area contributed by atoms with Crippen LogP contribution in [0.2, 0.25) is 0 Å². The van der Waals surface area contributed by atoms with Crippen molar-refractivity contribution in [2.75, 3.05) is 0 Å². The van der Waals surface area contributed by atoms with Gasteiger partial charge in [-0.15, -0.1) is 11.5 Å². The molecule has 26 nitrogen and oxygen atoms in total. The van der Waals surface area contributed by atoms with E-state index >= 15 is 0 Å². The molecule has 0 atom stereocenters. The van der Waals surface area contributed by atoms with Crippen LogP contribution in [0.5, 0.6) is 11.5 Å². The number of para-hydroxylation sites is 2. The van der Waals surface area contributed by atoms with Crippen LogP contribution in [-0.2, 0) is 62.1 Å². The van der Waals surface area contributed by atoms with Gasteiger partial charge in [0.1, 0.15) is 30.0 Å². The molecule has 0 aliphatic carbocycles. The summed E-state index contributed by atoms with van der Waals surface area (Å²) < 4.78 is 147. The second-order valence-electron chi connectivity index (χ2n) is 24.8.